The molecule has 14 heavy (non-hydrogen) atoms. The summed E-state index contributed by atoms with van der Waals surface area (Å²) in [5.41, 5.74) is 1.39. The Hall–Kier alpha value is -0.123. The average molecular weight is 273 g/mol. The fourth-order valence-electron chi connectivity index (χ4n) is 1.25. The summed E-state index contributed by atoms with van der Waals surface area (Å²) >= 11 is 3.43. The molecule has 0 heterocycles. The summed E-state index contributed by atoms with van der Waals surface area (Å²) in [6.07, 6.45) is 2.25. The highest BCUT2D eigenvalue weighted by atomic mass is 79.9. The Morgan fingerprint density at radius 2 is 1.86 bits per heavy atom. The lowest BCUT2D eigenvalue weighted by molar-refractivity contribution is 0.319. The van der Waals surface area contributed by atoms with Crippen LogP contribution in [0.1, 0.15) is 12.0 Å². The zero-order valence-electron chi connectivity index (χ0n) is 8.79. The van der Waals surface area contributed by atoms with E-state index in [1.54, 1.807) is 0 Å². The number of hydrogen-bond donors (Lipinski definition) is 0. The summed E-state index contributed by atoms with van der Waals surface area (Å²) in [6.45, 7) is 5.33. The summed E-state index contributed by atoms with van der Waals surface area (Å²) in [4.78, 5) is 0. The molecule has 0 aliphatic rings. The third-order valence-corrected chi connectivity index (χ3v) is 3.41. The van der Waals surface area contributed by atoms with E-state index >= 15 is 0 Å². The Labute approximate surface area is 96.3 Å². The van der Waals surface area contributed by atoms with Crippen LogP contribution in [0.2, 0.25) is 13.1 Å². The van der Waals surface area contributed by atoms with Crippen LogP contribution in [0.25, 0.3) is 0 Å². The first-order valence-corrected chi connectivity index (χ1v) is 8.62. The highest BCUT2D eigenvalue weighted by Crippen LogP contribution is 2.11. The van der Waals surface area contributed by atoms with Crippen molar-refractivity contribution in [2.24, 2.45) is 0 Å². The summed E-state index contributed by atoms with van der Waals surface area (Å²) < 4.78 is 6.76. The average Bonchev–Trinajstić information content (AvgIpc) is 2.15. The van der Waals surface area contributed by atoms with Crippen molar-refractivity contribution in [3.8, 4) is 0 Å². The van der Waals surface area contributed by atoms with Crippen LogP contribution >= 0.6 is 15.9 Å². The molecule has 0 N–H and O–H groups in total. The minimum atomic E-state index is -0.812. The molecule has 0 spiro atoms. The maximum absolute atomic E-state index is 5.62. The second-order valence-corrected chi connectivity index (χ2v) is 7.00. The van der Waals surface area contributed by atoms with Gasteiger partial charge >= 0.3 is 0 Å². The largest absolute Gasteiger partial charge is 0.421 e. The minimum absolute atomic E-state index is 0.812. The second-order valence-electron chi connectivity index (χ2n) is 3.65. The molecule has 0 fully saturated rings. The summed E-state index contributed by atoms with van der Waals surface area (Å²) in [5, 5.41) is 0. The number of hydrogen-bond acceptors (Lipinski definition) is 1. The molecule has 0 aliphatic carbocycles. The summed E-state index contributed by atoms with van der Waals surface area (Å²) in [7, 11) is -0.812. The standard InChI is InChI=1S/C11H17BrOSi/c1-14(2)13-9-3-4-10-5-7-11(12)8-6-10/h5-8,14H,3-4,9H2,1-2H3. The highest BCUT2D eigenvalue weighted by Gasteiger charge is 1.96. The smallest absolute Gasteiger partial charge is 0.170 e. The van der Waals surface area contributed by atoms with E-state index in [1.807, 2.05) is 0 Å². The maximum Gasteiger partial charge on any atom is 0.170 e. The van der Waals surface area contributed by atoms with Crippen molar-refractivity contribution >= 4 is 25.0 Å². The van der Waals surface area contributed by atoms with Gasteiger partial charge in [-0.3, -0.25) is 0 Å². The van der Waals surface area contributed by atoms with Gasteiger partial charge in [-0.15, -0.1) is 0 Å². The van der Waals surface area contributed by atoms with Crippen LogP contribution in [-0.2, 0) is 10.8 Å². The van der Waals surface area contributed by atoms with Gasteiger partial charge in [-0.25, -0.2) is 0 Å². The molecule has 1 aromatic rings. The first kappa shape index (κ1) is 11.9. The van der Waals surface area contributed by atoms with Crippen LogP contribution in [0.15, 0.2) is 28.7 Å². The van der Waals surface area contributed by atoms with Crippen molar-refractivity contribution < 1.29 is 4.43 Å². The van der Waals surface area contributed by atoms with Crippen molar-refractivity contribution in [2.45, 2.75) is 25.9 Å². The van der Waals surface area contributed by atoms with Crippen LogP contribution in [0.3, 0.4) is 0 Å². The lowest BCUT2D eigenvalue weighted by atomic mass is 10.1. The zero-order valence-corrected chi connectivity index (χ0v) is 11.5. The van der Waals surface area contributed by atoms with E-state index < -0.39 is 9.04 Å². The van der Waals surface area contributed by atoms with E-state index in [2.05, 4.69) is 53.3 Å². The first-order valence-electron chi connectivity index (χ1n) is 5.04. The van der Waals surface area contributed by atoms with Crippen LogP contribution in [-0.4, -0.2) is 15.6 Å². The van der Waals surface area contributed by atoms with Gasteiger partial charge in [0, 0.05) is 11.1 Å². The van der Waals surface area contributed by atoms with Crippen molar-refractivity contribution in [3.63, 3.8) is 0 Å². The zero-order chi connectivity index (χ0) is 10.4. The van der Waals surface area contributed by atoms with Crippen molar-refractivity contribution in [1.82, 2.24) is 0 Å². The Balaban J connectivity index is 2.21. The Bertz CT molecular complexity index is 258. The number of halogens is 1. The van der Waals surface area contributed by atoms with E-state index in [0.717, 1.165) is 23.9 Å². The van der Waals surface area contributed by atoms with Gasteiger partial charge in [0.1, 0.15) is 0 Å². The SMILES string of the molecule is C[SiH](C)OCCCc1ccc(Br)cc1. The van der Waals surface area contributed by atoms with E-state index in [-0.39, 0.29) is 0 Å². The van der Waals surface area contributed by atoms with E-state index in [9.17, 15) is 0 Å². The van der Waals surface area contributed by atoms with Gasteiger partial charge in [-0.05, 0) is 43.6 Å². The molecular weight excluding hydrogens is 256 g/mol. The molecule has 0 saturated carbocycles. The molecule has 0 atom stereocenters. The second kappa shape index (κ2) is 6.38. The quantitative estimate of drug-likeness (QED) is 0.590. The Morgan fingerprint density at radius 3 is 2.43 bits per heavy atom. The molecule has 0 radical (unpaired) electrons. The number of rotatable bonds is 5. The molecular formula is C11H17BrOSi. The van der Waals surface area contributed by atoms with Crippen LogP contribution in [0.5, 0.6) is 0 Å². The summed E-state index contributed by atoms with van der Waals surface area (Å²) in [5.74, 6) is 0. The minimum Gasteiger partial charge on any atom is -0.421 e. The highest BCUT2D eigenvalue weighted by molar-refractivity contribution is 9.10. The van der Waals surface area contributed by atoms with Crippen LogP contribution < -0.4 is 0 Å². The van der Waals surface area contributed by atoms with Crippen LogP contribution in [0, 0.1) is 0 Å². The summed E-state index contributed by atoms with van der Waals surface area (Å²) in [6, 6.07) is 8.51. The lowest BCUT2D eigenvalue weighted by Crippen LogP contribution is -2.09. The third-order valence-electron chi connectivity index (χ3n) is 1.97. The number of benzene rings is 1. The van der Waals surface area contributed by atoms with E-state index in [1.165, 1.54) is 5.56 Å². The van der Waals surface area contributed by atoms with Crippen molar-refractivity contribution in [1.29, 1.82) is 0 Å². The fourth-order valence-corrected chi connectivity index (χ4v) is 2.15. The monoisotopic (exact) mass is 272 g/mol. The van der Waals surface area contributed by atoms with Gasteiger partial charge in [0.05, 0.1) is 0 Å². The topological polar surface area (TPSA) is 9.23 Å². The molecule has 0 bridgehead atoms. The molecule has 3 heteroatoms. The Kier molecular flexibility index (Phi) is 5.44. The molecule has 1 aromatic carbocycles. The van der Waals surface area contributed by atoms with Crippen molar-refractivity contribution in [3.05, 3.63) is 34.3 Å². The van der Waals surface area contributed by atoms with Gasteiger partial charge in [0.15, 0.2) is 9.04 Å². The maximum atomic E-state index is 5.62. The molecule has 78 valence electrons. The molecule has 0 aromatic heterocycles. The molecule has 0 aliphatic heterocycles. The molecule has 0 amide bonds. The van der Waals surface area contributed by atoms with Gasteiger partial charge in [-0.2, -0.15) is 0 Å². The molecule has 0 saturated heterocycles. The predicted molar refractivity (Wildman–Crippen MR) is 67.3 cm³/mol. The fraction of sp³-hybridized carbons (Fsp3) is 0.455. The third kappa shape index (κ3) is 4.93. The predicted octanol–water partition coefficient (Wildman–Crippen LogP) is 3.38. The van der Waals surface area contributed by atoms with E-state index in [0.29, 0.717) is 0 Å². The lowest BCUT2D eigenvalue weighted by Gasteiger charge is -2.06. The normalized spacial score (nSPS) is 10.9. The Morgan fingerprint density at radius 1 is 1.21 bits per heavy atom. The van der Waals surface area contributed by atoms with Gasteiger partial charge in [0.2, 0.25) is 0 Å². The molecule has 0 unspecified atom stereocenters. The van der Waals surface area contributed by atoms with Gasteiger partial charge in [0.25, 0.3) is 0 Å². The molecule has 1 nitrogen and oxygen atoms in total. The van der Waals surface area contributed by atoms with Crippen molar-refractivity contribution in [2.75, 3.05) is 6.61 Å². The first-order chi connectivity index (χ1) is 6.68. The van der Waals surface area contributed by atoms with E-state index in [4.69, 9.17) is 4.43 Å². The number of aryl methyl sites for hydroxylation is 1. The van der Waals surface area contributed by atoms with Crippen LogP contribution in [0.4, 0.5) is 0 Å². The molecule has 1 rings (SSSR count). The van der Waals surface area contributed by atoms with Gasteiger partial charge < -0.3 is 4.43 Å². The van der Waals surface area contributed by atoms with Gasteiger partial charge in [-0.1, -0.05) is 28.1 Å².